The van der Waals surface area contributed by atoms with Gasteiger partial charge in [-0.15, -0.1) is 0 Å². The maximum absolute atomic E-state index is 15.2. The van der Waals surface area contributed by atoms with Gasteiger partial charge in [0.25, 0.3) is 11.8 Å². The number of phenols is 1. The Balaban J connectivity index is 1.33. The number of hydrogen-bond donors (Lipinski definition) is 2. The zero-order valence-corrected chi connectivity index (χ0v) is 29.1. The van der Waals surface area contributed by atoms with Crippen LogP contribution in [0.4, 0.5) is 15.8 Å². The van der Waals surface area contributed by atoms with E-state index < -0.39 is 52.6 Å². The molecule has 8 nitrogen and oxygen atoms in total. The van der Waals surface area contributed by atoms with E-state index in [0.29, 0.717) is 38.1 Å². The van der Waals surface area contributed by atoms with Crippen molar-refractivity contribution in [1.82, 2.24) is 5.01 Å². The van der Waals surface area contributed by atoms with Gasteiger partial charge in [0.1, 0.15) is 11.6 Å². The molecule has 50 heavy (non-hydrogen) atoms. The molecule has 0 spiro atoms. The number of aromatic hydroxyl groups is 1. The van der Waals surface area contributed by atoms with Crippen LogP contribution in [0.15, 0.2) is 107 Å². The number of carbonyl (C=O) groups excluding carboxylic acids is 4. The smallest absolute Gasteiger partial charge is 0.260 e. The number of imide groups is 2. The van der Waals surface area contributed by atoms with Crippen LogP contribution in [-0.4, -0.2) is 33.7 Å². The van der Waals surface area contributed by atoms with E-state index in [9.17, 15) is 23.9 Å². The molecular formula is C38H27BrCl2FN3O5. The Hall–Kier alpha value is -4.51. The van der Waals surface area contributed by atoms with E-state index in [1.165, 1.54) is 41.3 Å². The summed E-state index contributed by atoms with van der Waals surface area (Å²) in [5.41, 5.74) is 3.46. The second-order valence-corrected chi connectivity index (χ2v) is 14.9. The normalized spacial score (nSPS) is 27.2. The number of nitrogens with one attached hydrogen (secondary N) is 1. The van der Waals surface area contributed by atoms with Crippen LogP contribution in [0.3, 0.4) is 0 Å². The lowest BCUT2D eigenvalue weighted by molar-refractivity contribution is -0.138. The molecule has 4 aromatic carbocycles. The fourth-order valence-electron chi connectivity index (χ4n) is 8.60. The Morgan fingerprint density at radius 3 is 2.20 bits per heavy atom. The van der Waals surface area contributed by atoms with E-state index >= 15 is 4.79 Å². The number of phenolic OH excluding ortho intramolecular Hbond substituents is 1. The number of amides is 4. The van der Waals surface area contributed by atoms with Crippen molar-refractivity contribution in [3.05, 3.63) is 134 Å². The van der Waals surface area contributed by atoms with Gasteiger partial charge in [-0.25, -0.2) is 4.39 Å². The number of hydrazine groups is 1. The molecule has 2 aliphatic carbocycles. The lowest BCUT2D eigenvalue weighted by Gasteiger charge is -2.50. The van der Waals surface area contributed by atoms with E-state index in [4.69, 9.17) is 23.2 Å². The molecule has 3 fully saturated rings. The van der Waals surface area contributed by atoms with Gasteiger partial charge in [0.2, 0.25) is 11.8 Å². The van der Waals surface area contributed by atoms with Crippen LogP contribution in [0.1, 0.15) is 29.9 Å². The number of halogens is 4. The van der Waals surface area contributed by atoms with Crippen molar-refractivity contribution in [3.8, 4) is 5.75 Å². The molecule has 1 saturated carbocycles. The zero-order valence-electron chi connectivity index (χ0n) is 26.0. The van der Waals surface area contributed by atoms with Gasteiger partial charge in [0, 0.05) is 26.0 Å². The van der Waals surface area contributed by atoms with Crippen LogP contribution in [0.25, 0.3) is 0 Å². The lowest BCUT2D eigenvalue weighted by atomic mass is 9.49. The monoisotopic (exact) mass is 773 g/mol. The topological polar surface area (TPSA) is 107 Å². The molecule has 12 heteroatoms. The number of carbonyl (C=O) groups is 4. The molecule has 0 aromatic heterocycles. The molecule has 0 radical (unpaired) electrons. The van der Waals surface area contributed by atoms with Crippen LogP contribution in [-0.2, 0) is 24.6 Å². The molecule has 6 atom stereocenters. The third kappa shape index (κ3) is 4.83. The van der Waals surface area contributed by atoms with Gasteiger partial charge < -0.3 is 5.11 Å². The summed E-state index contributed by atoms with van der Waals surface area (Å²) in [4.78, 5) is 59.4. The standard InChI is InChI=1S/C38H27BrCl2FN3O5/c39-20-3-12-25(13-4-20)44-34(47)27-15-14-26-28(32(27)36(44)49)18-30-35(48)45(43-24-10-8-23(42)9-11-24)37(50)38(30,19-1-5-21(40)6-2-19)33(26)29-17-22(41)7-16-31(29)46/h1-14,16-17,27-28,30,32-33,43,46H,15,18H2/t27-,28+,30-,32-,33+,38+/m0/s1. The van der Waals surface area contributed by atoms with Crippen molar-refractivity contribution in [2.45, 2.75) is 24.2 Å². The molecule has 0 unspecified atom stereocenters. The Morgan fingerprint density at radius 2 is 1.50 bits per heavy atom. The van der Waals surface area contributed by atoms with Crippen molar-refractivity contribution >= 4 is 74.1 Å². The predicted octanol–water partition coefficient (Wildman–Crippen LogP) is 7.79. The zero-order chi connectivity index (χ0) is 35.1. The van der Waals surface area contributed by atoms with Gasteiger partial charge in [-0.1, -0.05) is 62.9 Å². The number of rotatable bonds is 5. The Morgan fingerprint density at radius 1 is 0.820 bits per heavy atom. The van der Waals surface area contributed by atoms with E-state index in [-0.39, 0.29) is 30.4 Å². The summed E-state index contributed by atoms with van der Waals surface area (Å²) in [5, 5.41) is 13.1. The van der Waals surface area contributed by atoms with Gasteiger partial charge in [0.15, 0.2) is 0 Å². The third-order valence-electron chi connectivity index (χ3n) is 10.6. The fourth-order valence-corrected chi connectivity index (χ4v) is 9.17. The summed E-state index contributed by atoms with van der Waals surface area (Å²) in [5.74, 6) is -6.70. The number of benzene rings is 4. The summed E-state index contributed by atoms with van der Waals surface area (Å²) in [7, 11) is 0. The summed E-state index contributed by atoms with van der Waals surface area (Å²) in [6, 6.07) is 23.4. The molecule has 4 amide bonds. The van der Waals surface area contributed by atoms with E-state index in [1.54, 1.807) is 54.6 Å². The third-order valence-corrected chi connectivity index (χ3v) is 11.7. The maximum Gasteiger partial charge on any atom is 0.260 e. The van der Waals surface area contributed by atoms with E-state index in [2.05, 4.69) is 21.4 Å². The molecule has 2 heterocycles. The number of anilines is 2. The first kappa shape index (κ1) is 32.7. The highest BCUT2D eigenvalue weighted by atomic mass is 79.9. The Bertz CT molecular complexity index is 2130. The van der Waals surface area contributed by atoms with E-state index in [1.807, 2.05) is 6.08 Å². The van der Waals surface area contributed by atoms with Crippen molar-refractivity contribution in [1.29, 1.82) is 0 Å². The molecule has 4 aliphatic rings. The molecule has 2 saturated heterocycles. The molecule has 2 N–H and O–H groups in total. The molecule has 252 valence electrons. The highest BCUT2D eigenvalue weighted by Crippen LogP contribution is 2.65. The minimum absolute atomic E-state index is 0.0623. The Kier molecular flexibility index (Phi) is 7.89. The lowest BCUT2D eigenvalue weighted by Crippen LogP contribution is -2.53. The minimum Gasteiger partial charge on any atom is -0.508 e. The predicted molar refractivity (Wildman–Crippen MR) is 189 cm³/mol. The number of nitrogens with zero attached hydrogens (tertiary/aromatic N) is 2. The van der Waals surface area contributed by atoms with Crippen molar-refractivity contribution in [2.24, 2.45) is 23.7 Å². The molecule has 8 rings (SSSR count). The second kappa shape index (κ2) is 12.1. The molecule has 0 bridgehead atoms. The average molecular weight is 775 g/mol. The van der Waals surface area contributed by atoms with Crippen LogP contribution < -0.4 is 10.3 Å². The molecule has 2 aliphatic heterocycles. The number of allylic oxidation sites excluding steroid dienone is 2. The van der Waals surface area contributed by atoms with Gasteiger partial charge in [-0.3, -0.25) is 29.5 Å². The van der Waals surface area contributed by atoms with Crippen LogP contribution >= 0.6 is 39.1 Å². The first-order valence-corrected chi connectivity index (χ1v) is 17.5. The number of hydrogen-bond acceptors (Lipinski definition) is 6. The van der Waals surface area contributed by atoms with Gasteiger partial charge in [-0.05, 0) is 103 Å². The van der Waals surface area contributed by atoms with Crippen molar-refractivity contribution < 1.29 is 28.7 Å². The van der Waals surface area contributed by atoms with Crippen LogP contribution in [0.2, 0.25) is 10.0 Å². The highest BCUT2D eigenvalue weighted by molar-refractivity contribution is 9.10. The van der Waals surface area contributed by atoms with Crippen LogP contribution in [0.5, 0.6) is 5.75 Å². The van der Waals surface area contributed by atoms with Gasteiger partial charge >= 0.3 is 0 Å². The Labute approximate surface area is 304 Å². The first-order chi connectivity index (χ1) is 24.0. The summed E-state index contributed by atoms with van der Waals surface area (Å²) in [6.07, 6.45) is 2.18. The SMILES string of the molecule is O=C1[C@@H]2C[C@@H]3C(=CC[C@@H]4C(=O)N(c5ccc(Br)cc5)C(=O)[C@@H]43)[C@H](c3cc(Cl)ccc3O)[C@]2(c2ccc(Cl)cc2)C(=O)N1Nc1ccc(F)cc1. The average Bonchev–Trinajstić information content (AvgIpc) is 3.48. The molecule has 4 aromatic rings. The summed E-state index contributed by atoms with van der Waals surface area (Å²) in [6.45, 7) is 0. The summed E-state index contributed by atoms with van der Waals surface area (Å²) < 4.78 is 14.6. The summed E-state index contributed by atoms with van der Waals surface area (Å²) >= 11 is 16.3. The maximum atomic E-state index is 15.2. The van der Waals surface area contributed by atoms with Gasteiger partial charge in [0.05, 0.1) is 34.5 Å². The molecular weight excluding hydrogens is 748 g/mol. The number of fused-ring (bicyclic) bond motifs is 4. The van der Waals surface area contributed by atoms with E-state index in [0.717, 1.165) is 9.48 Å². The highest BCUT2D eigenvalue weighted by Gasteiger charge is 2.70. The minimum atomic E-state index is -1.64. The fraction of sp³-hybridized carbons (Fsp3) is 0.211. The van der Waals surface area contributed by atoms with Gasteiger partial charge in [-0.2, -0.15) is 5.01 Å². The first-order valence-electron chi connectivity index (χ1n) is 16.0. The largest absolute Gasteiger partial charge is 0.508 e. The van der Waals surface area contributed by atoms with Crippen LogP contribution in [0, 0.1) is 29.5 Å². The van der Waals surface area contributed by atoms with Crippen molar-refractivity contribution in [3.63, 3.8) is 0 Å². The second-order valence-electron chi connectivity index (χ2n) is 13.1. The van der Waals surface area contributed by atoms with Crippen molar-refractivity contribution in [2.75, 3.05) is 10.3 Å². The quantitative estimate of drug-likeness (QED) is 0.159.